The summed E-state index contributed by atoms with van der Waals surface area (Å²) in [5, 5.41) is 5.92. The molecule has 7 heteroatoms. The van der Waals surface area contributed by atoms with E-state index in [9.17, 15) is 4.79 Å². The molecule has 7 nitrogen and oxygen atoms in total. The van der Waals surface area contributed by atoms with Gasteiger partial charge in [-0.15, -0.1) is 0 Å². The van der Waals surface area contributed by atoms with Gasteiger partial charge in [-0.3, -0.25) is 4.79 Å². The van der Waals surface area contributed by atoms with Gasteiger partial charge in [-0.05, 0) is 48.9 Å². The second-order valence-corrected chi connectivity index (χ2v) is 7.52. The van der Waals surface area contributed by atoms with Gasteiger partial charge in [-0.2, -0.15) is 9.78 Å². The van der Waals surface area contributed by atoms with Crippen LogP contribution in [0.2, 0.25) is 0 Å². The fourth-order valence-electron chi connectivity index (χ4n) is 3.80. The maximum absolute atomic E-state index is 13.4. The van der Waals surface area contributed by atoms with Crippen molar-refractivity contribution in [2.24, 2.45) is 5.10 Å². The molecule has 0 saturated heterocycles. The normalized spacial score (nSPS) is 12.9. The molecule has 156 valence electrons. The van der Waals surface area contributed by atoms with Crippen LogP contribution in [0.3, 0.4) is 0 Å². The van der Waals surface area contributed by atoms with Crippen LogP contribution in [0.5, 0.6) is 11.5 Å². The number of furan rings is 1. The molecule has 0 spiro atoms. The molecule has 3 heterocycles. The third-order valence-electron chi connectivity index (χ3n) is 5.47. The second kappa shape index (κ2) is 7.09. The van der Waals surface area contributed by atoms with Crippen molar-refractivity contribution in [2.75, 3.05) is 6.79 Å². The lowest BCUT2D eigenvalue weighted by Gasteiger charge is -2.08. The van der Waals surface area contributed by atoms with Gasteiger partial charge < -0.3 is 13.9 Å². The average Bonchev–Trinajstić information content (AvgIpc) is 3.44. The largest absolute Gasteiger partial charge is 0.454 e. The van der Waals surface area contributed by atoms with Crippen LogP contribution in [-0.4, -0.2) is 22.7 Å². The molecule has 5 aromatic rings. The van der Waals surface area contributed by atoms with Crippen LogP contribution in [-0.2, 0) is 0 Å². The molecule has 3 aromatic carbocycles. The molecular formula is C25H17N3O4. The SMILES string of the molecule is Cc1cc2c(cc1C=Nn1c(-c3cc4ccccc4o3)nc3ccccc3c1=O)OCO2. The molecule has 0 aliphatic carbocycles. The molecule has 0 fully saturated rings. The third-order valence-corrected chi connectivity index (χ3v) is 5.47. The van der Waals surface area contributed by atoms with Crippen LogP contribution in [0, 0.1) is 6.92 Å². The number of benzene rings is 3. The number of aromatic nitrogens is 2. The predicted octanol–water partition coefficient (Wildman–Crippen LogP) is 4.73. The minimum Gasteiger partial charge on any atom is -0.454 e. The highest BCUT2D eigenvalue weighted by atomic mass is 16.7. The lowest BCUT2D eigenvalue weighted by Crippen LogP contribution is -2.20. The van der Waals surface area contributed by atoms with E-state index in [4.69, 9.17) is 18.9 Å². The predicted molar refractivity (Wildman–Crippen MR) is 122 cm³/mol. The number of hydrogen-bond donors (Lipinski definition) is 0. The summed E-state index contributed by atoms with van der Waals surface area (Å²) in [6, 6.07) is 20.5. The molecule has 0 amide bonds. The maximum Gasteiger partial charge on any atom is 0.282 e. The Kier molecular flexibility index (Phi) is 4.07. The topological polar surface area (TPSA) is 78.9 Å². The molecule has 0 atom stereocenters. The van der Waals surface area contributed by atoms with Crippen molar-refractivity contribution in [3.63, 3.8) is 0 Å². The number of para-hydroxylation sites is 2. The molecule has 0 bridgehead atoms. The summed E-state index contributed by atoms with van der Waals surface area (Å²) in [7, 11) is 0. The first-order chi connectivity index (χ1) is 15.7. The first kappa shape index (κ1) is 18.4. The Morgan fingerprint density at radius 2 is 1.78 bits per heavy atom. The summed E-state index contributed by atoms with van der Waals surface area (Å²) in [4.78, 5) is 18.1. The Labute approximate surface area is 182 Å². The number of ether oxygens (including phenoxy) is 2. The quantitative estimate of drug-likeness (QED) is 0.392. The van der Waals surface area contributed by atoms with E-state index in [0.717, 1.165) is 16.5 Å². The van der Waals surface area contributed by atoms with Gasteiger partial charge >= 0.3 is 0 Å². The fraction of sp³-hybridized carbons (Fsp3) is 0.0800. The molecule has 6 rings (SSSR count). The summed E-state index contributed by atoms with van der Waals surface area (Å²) < 4.78 is 18.2. The summed E-state index contributed by atoms with van der Waals surface area (Å²) in [6.07, 6.45) is 1.63. The lowest BCUT2D eigenvalue weighted by molar-refractivity contribution is 0.174. The Balaban J connectivity index is 1.55. The molecule has 32 heavy (non-hydrogen) atoms. The summed E-state index contributed by atoms with van der Waals surface area (Å²) in [5.41, 5.74) is 2.78. The molecule has 2 aromatic heterocycles. The minimum absolute atomic E-state index is 0.194. The van der Waals surface area contributed by atoms with Crippen LogP contribution in [0.25, 0.3) is 33.5 Å². The zero-order valence-electron chi connectivity index (χ0n) is 17.1. The number of aryl methyl sites for hydroxylation is 1. The summed E-state index contributed by atoms with van der Waals surface area (Å²) in [5.74, 6) is 2.15. The third kappa shape index (κ3) is 2.94. The van der Waals surface area contributed by atoms with E-state index in [0.29, 0.717) is 39.6 Å². The van der Waals surface area contributed by atoms with Crippen LogP contribution in [0.1, 0.15) is 11.1 Å². The van der Waals surface area contributed by atoms with Gasteiger partial charge in [0.2, 0.25) is 12.6 Å². The van der Waals surface area contributed by atoms with Crippen molar-refractivity contribution >= 4 is 28.1 Å². The fourth-order valence-corrected chi connectivity index (χ4v) is 3.80. The van der Waals surface area contributed by atoms with Crippen molar-refractivity contribution in [1.82, 2.24) is 9.66 Å². The first-order valence-corrected chi connectivity index (χ1v) is 10.1. The molecule has 1 aliphatic rings. The molecule has 0 radical (unpaired) electrons. The number of nitrogens with zero attached hydrogens (tertiary/aromatic N) is 3. The zero-order chi connectivity index (χ0) is 21.7. The highest BCUT2D eigenvalue weighted by molar-refractivity contribution is 5.85. The second-order valence-electron chi connectivity index (χ2n) is 7.52. The van der Waals surface area contributed by atoms with Crippen LogP contribution < -0.4 is 15.0 Å². The van der Waals surface area contributed by atoms with E-state index in [1.807, 2.05) is 61.5 Å². The maximum atomic E-state index is 13.4. The highest BCUT2D eigenvalue weighted by Crippen LogP contribution is 2.34. The van der Waals surface area contributed by atoms with Gasteiger partial charge in [-0.1, -0.05) is 30.3 Å². The zero-order valence-corrected chi connectivity index (χ0v) is 17.1. The molecule has 0 saturated carbocycles. The number of fused-ring (bicyclic) bond motifs is 3. The van der Waals surface area contributed by atoms with E-state index in [-0.39, 0.29) is 12.4 Å². The van der Waals surface area contributed by atoms with E-state index >= 15 is 0 Å². The molecule has 0 N–H and O–H groups in total. The van der Waals surface area contributed by atoms with E-state index < -0.39 is 0 Å². The Hall–Kier alpha value is -4.39. The molecule has 0 unspecified atom stereocenters. The standard InChI is InChI=1S/C25H17N3O4/c1-15-10-21-22(31-14-30-21)12-17(15)13-26-28-24(23-11-16-6-2-5-9-20(16)32-23)27-19-8-4-3-7-18(19)25(28)29/h2-13H,14H2,1H3. The van der Waals surface area contributed by atoms with Gasteiger partial charge in [0.15, 0.2) is 17.3 Å². The van der Waals surface area contributed by atoms with Gasteiger partial charge in [0.25, 0.3) is 5.56 Å². The Morgan fingerprint density at radius 3 is 2.66 bits per heavy atom. The average molecular weight is 423 g/mol. The van der Waals surface area contributed by atoms with Crippen molar-refractivity contribution in [2.45, 2.75) is 6.92 Å². The van der Waals surface area contributed by atoms with Gasteiger partial charge in [0.1, 0.15) is 5.58 Å². The van der Waals surface area contributed by atoms with Crippen molar-refractivity contribution in [1.29, 1.82) is 0 Å². The monoisotopic (exact) mass is 423 g/mol. The van der Waals surface area contributed by atoms with Crippen LogP contribution >= 0.6 is 0 Å². The molecular weight excluding hydrogens is 406 g/mol. The van der Waals surface area contributed by atoms with Gasteiger partial charge in [-0.25, -0.2) is 4.98 Å². The smallest absolute Gasteiger partial charge is 0.282 e. The minimum atomic E-state index is -0.277. The Bertz CT molecular complexity index is 1560. The first-order valence-electron chi connectivity index (χ1n) is 10.1. The van der Waals surface area contributed by atoms with Crippen LogP contribution in [0.15, 0.2) is 81.0 Å². The van der Waals surface area contributed by atoms with E-state index in [2.05, 4.69) is 5.10 Å². The van der Waals surface area contributed by atoms with E-state index in [1.54, 1.807) is 18.3 Å². The van der Waals surface area contributed by atoms with E-state index in [1.165, 1.54) is 4.68 Å². The van der Waals surface area contributed by atoms with Crippen molar-refractivity contribution in [3.05, 3.63) is 88.2 Å². The van der Waals surface area contributed by atoms with Crippen LogP contribution in [0.4, 0.5) is 0 Å². The lowest BCUT2D eigenvalue weighted by atomic mass is 10.1. The number of hydrogen-bond acceptors (Lipinski definition) is 6. The van der Waals surface area contributed by atoms with Crippen molar-refractivity contribution < 1.29 is 13.9 Å². The van der Waals surface area contributed by atoms with Gasteiger partial charge in [0.05, 0.1) is 17.1 Å². The number of rotatable bonds is 3. The van der Waals surface area contributed by atoms with Gasteiger partial charge in [0, 0.05) is 10.9 Å². The highest BCUT2D eigenvalue weighted by Gasteiger charge is 2.18. The summed E-state index contributed by atoms with van der Waals surface area (Å²) in [6.45, 7) is 2.14. The van der Waals surface area contributed by atoms with Crippen molar-refractivity contribution in [3.8, 4) is 23.1 Å². The Morgan fingerprint density at radius 1 is 1.00 bits per heavy atom. The molecule has 1 aliphatic heterocycles. The summed E-state index contributed by atoms with van der Waals surface area (Å²) >= 11 is 0.